The Morgan fingerprint density at radius 3 is 2.10 bits per heavy atom. The van der Waals surface area contributed by atoms with Gasteiger partial charge in [0.15, 0.2) is 11.9 Å². The predicted molar refractivity (Wildman–Crippen MR) is 113 cm³/mol. The van der Waals surface area contributed by atoms with Crippen molar-refractivity contribution >= 4 is 35.6 Å². The molecule has 0 radical (unpaired) electrons. The molecule has 1 amide bonds. The van der Waals surface area contributed by atoms with Gasteiger partial charge >= 0.3 is 17.9 Å². The highest BCUT2D eigenvalue weighted by Crippen LogP contribution is 2.25. The monoisotopic (exact) mass is 463 g/mol. The Hall–Kier alpha value is -2.11. The summed E-state index contributed by atoms with van der Waals surface area (Å²) in [6.45, 7) is 4.70. The van der Waals surface area contributed by atoms with Crippen LogP contribution in [0.25, 0.3) is 0 Å². The van der Waals surface area contributed by atoms with Gasteiger partial charge in [0.05, 0.1) is 12.3 Å². The molecule has 10 nitrogen and oxygen atoms in total. The lowest BCUT2D eigenvalue weighted by molar-refractivity contribution is -0.152. The number of carbonyl (C=O) groups is 4. The van der Waals surface area contributed by atoms with Crippen LogP contribution < -0.4 is 5.32 Å². The Labute approximate surface area is 186 Å². The van der Waals surface area contributed by atoms with Crippen molar-refractivity contribution in [1.82, 2.24) is 5.32 Å². The second kappa shape index (κ2) is 16.6. The second-order valence-electron chi connectivity index (χ2n) is 6.64. The third-order valence-electron chi connectivity index (χ3n) is 3.69. The molecule has 0 saturated carbocycles. The van der Waals surface area contributed by atoms with Gasteiger partial charge in [-0.25, -0.2) is 0 Å². The number of rotatable bonds is 15. The van der Waals surface area contributed by atoms with Crippen molar-refractivity contribution in [2.75, 3.05) is 19.0 Å². The Bertz CT molecular complexity index is 636. The van der Waals surface area contributed by atoms with Crippen LogP contribution in [-0.4, -0.2) is 64.5 Å². The Morgan fingerprint density at radius 1 is 0.935 bits per heavy atom. The minimum absolute atomic E-state index is 0.0522. The first-order valence-corrected chi connectivity index (χ1v) is 11.0. The average molecular weight is 464 g/mol. The summed E-state index contributed by atoms with van der Waals surface area (Å²) in [6.07, 6.45) is 1.94. The van der Waals surface area contributed by atoms with E-state index in [0.29, 0.717) is 12.2 Å². The predicted octanol–water partition coefficient (Wildman–Crippen LogP) is 1.39. The van der Waals surface area contributed by atoms with E-state index in [1.54, 1.807) is 0 Å². The van der Waals surface area contributed by atoms with E-state index >= 15 is 0 Å². The minimum Gasteiger partial charge on any atom is -0.466 e. The van der Waals surface area contributed by atoms with Crippen molar-refractivity contribution in [2.45, 2.75) is 71.3 Å². The number of nitrogens with one attached hydrogen (secondary N) is 1. The van der Waals surface area contributed by atoms with E-state index in [1.165, 1.54) is 13.8 Å². The molecular formula is C20H33NO9S. The van der Waals surface area contributed by atoms with Gasteiger partial charge in [-0.15, -0.1) is 11.8 Å². The number of aliphatic hydroxyl groups is 2. The number of aliphatic hydroxyl groups excluding tert-OH is 2. The lowest BCUT2D eigenvalue weighted by atomic mass is 10.1. The van der Waals surface area contributed by atoms with Gasteiger partial charge in [-0.3, -0.25) is 19.2 Å². The molecule has 0 aromatic carbocycles. The fourth-order valence-corrected chi connectivity index (χ4v) is 3.42. The molecule has 11 heteroatoms. The summed E-state index contributed by atoms with van der Waals surface area (Å²) < 4.78 is 15.3. The Kier molecular flexibility index (Phi) is 15.4. The molecule has 0 bridgehead atoms. The van der Waals surface area contributed by atoms with Crippen molar-refractivity contribution in [3.63, 3.8) is 0 Å². The average Bonchev–Trinajstić information content (AvgIpc) is 2.65. The molecule has 31 heavy (non-hydrogen) atoms. The quantitative estimate of drug-likeness (QED) is 0.107. The molecule has 0 aliphatic carbocycles. The van der Waals surface area contributed by atoms with E-state index < -0.39 is 35.4 Å². The molecule has 178 valence electrons. The summed E-state index contributed by atoms with van der Waals surface area (Å²) in [5, 5.41) is 21.9. The molecule has 2 unspecified atom stereocenters. The standard InChI is InChI=1S/C20H33NO9S/c1-13(23)21-18(20(27)31-12-8-6-5-7-10-22)19(30-16(4)26)17(29-15(3)25)9-11-28-14(2)24/h17,20,22,27H,5-12H2,1-4H3,(H,21,23)/b19-18-. The summed E-state index contributed by atoms with van der Waals surface area (Å²) in [5.41, 5.74) is -1.39. The Balaban J connectivity index is 5.71. The molecule has 0 spiro atoms. The first kappa shape index (κ1) is 28.9. The van der Waals surface area contributed by atoms with Crippen LogP contribution in [-0.2, 0) is 33.4 Å². The zero-order chi connectivity index (χ0) is 23.8. The molecule has 3 N–H and O–H groups in total. The number of esters is 3. The Morgan fingerprint density at radius 2 is 1.58 bits per heavy atom. The van der Waals surface area contributed by atoms with E-state index in [-0.39, 0.29) is 31.1 Å². The van der Waals surface area contributed by atoms with Crippen LogP contribution in [0.1, 0.15) is 59.8 Å². The zero-order valence-corrected chi connectivity index (χ0v) is 19.3. The van der Waals surface area contributed by atoms with Gasteiger partial charge in [0.2, 0.25) is 5.91 Å². The van der Waals surface area contributed by atoms with Gasteiger partial charge in [0, 0.05) is 40.7 Å². The normalized spacial score (nSPS) is 13.5. The summed E-state index contributed by atoms with van der Waals surface area (Å²) in [5.74, 6) is -2.20. The van der Waals surface area contributed by atoms with E-state index in [2.05, 4.69) is 5.32 Å². The van der Waals surface area contributed by atoms with Crippen LogP contribution in [0.2, 0.25) is 0 Å². The fraction of sp³-hybridized carbons (Fsp3) is 0.700. The van der Waals surface area contributed by atoms with E-state index in [9.17, 15) is 24.3 Å². The maximum absolute atomic E-state index is 11.7. The lowest BCUT2D eigenvalue weighted by Gasteiger charge is -2.25. The van der Waals surface area contributed by atoms with Crippen molar-refractivity contribution in [2.24, 2.45) is 0 Å². The van der Waals surface area contributed by atoms with E-state index in [0.717, 1.165) is 44.9 Å². The number of amides is 1. The summed E-state index contributed by atoms with van der Waals surface area (Å²) in [6, 6.07) is 0. The molecule has 0 rings (SSSR count). The van der Waals surface area contributed by atoms with Crippen LogP contribution in [0, 0.1) is 0 Å². The lowest BCUT2D eigenvalue weighted by Crippen LogP contribution is -2.34. The molecular weight excluding hydrogens is 430 g/mol. The smallest absolute Gasteiger partial charge is 0.307 e. The van der Waals surface area contributed by atoms with Gasteiger partial charge in [0.25, 0.3) is 0 Å². The fourth-order valence-electron chi connectivity index (χ4n) is 2.48. The van der Waals surface area contributed by atoms with Gasteiger partial charge in [-0.05, 0) is 18.6 Å². The van der Waals surface area contributed by atoms with Crippen molar-refractivity contribution in [1.29, 1.82) is 0 Å². The van der Waals surface area contributed by atoms with E-state index in [1.807, 2.05) is 0 Å². The van der Waals surface area contributed by atoms with Gasteiger partial charge in [-0.2, -0.15) is 0 Å². The number of thioether (sulfide) groups is 1. The second-order valence-corrected chi connectivity index (χ2v) is 7.83. The van der Waals surface area contributed by atoms with E-state index in [4.69, 9.17) is 19.3 Å². The molecule has 0 heterocycles. The highest BCUT2D eigenvalue weighted by atomic mass is 32.2. The zero-order valence-electron chi connectivity index (χ0n) is 18.5. The van der Waals surface area contributed by atoms with Crippen LogP contribution in [0.3, 0.4) is 0 Å². The number of hydrogen-bond acceptors (Lipinski definition) is 10. The topological polar surface area (TPSA) is 148 Å². The largest absolute Gasteiger partial charge is 0.466 e. The number of ether oxygens (including phenoxy) is 3. The van der Waals surface area contributed by atoms with Crippen molar-refractivity contribution < 1.29 is 43.6 Å². The van der Waals surface area contributed by atoms with Crippen LogP contribution >= 0.6 is 11.8 Å². The van der Waals surface area contributed by atoms with Crippen molar-refractivity contribution in [3.8, 4) is 0 Å². The van der Waals surface area contributed by atoms with Gasteiger partial charge in [-0.1, -0.05) is 12.8 Å². The highest BCUT2D eigenvalue weighted by molar-refractivity contribution is 7.99. The minimum atomic E-state index is -1.28. The molecule has 2 atom stereocenters. The summed E-state index contributed by atoms with van der Waals surface area (Å²) in [7, 11) is 0. The maximum Gasteiger partial charge on any atom is 0.307 e. The molecule has 0 fully saturated rings. The SMILES string of the molecule is CC(=O)N/C(=C(\OC(C)=O)C(CCOC(C)=O)OC(C)=O)C(O)SCCCCCCO. The van der Waals surface area contributed by atoms with Gasteiger partial charge < -0.3 is 29.7 Å². The highest BCUT2D eigenvalue weighted by Gasteiger charge is 2.29. The van der Waals surface area contributed by atoms with Crippen LogP contribution in [0.4, 0.5) is 0 Å². The number of hydrogen-bond donors (Lipinski definition) is 3. The molecule has 0 aromatic heterocycles. The first-order valence-electron chi connectivity index (χ1n) is 9.99. The van der Waals surface area contributed by atoms with Gasteiger partial charge in [0.1, 0.15) is 5.44 Å². The van der Waals surface area contributed by atoms with Crippen LogP contribution in [0.5, 0.6) is 0 Å². The van der Waals surface area contributed by atoms with Crippen LogP contribution in [0.15, 0.2) is 11.5 Å². The molecule has 0 aliphatic heterocycles. The maximum atomic E-state index is 11.7. The molecule has 0 aromatic rings. The summed E-state index contributed by atoms with van der Waals surface area (Å²) >= 11 is 1.11. The van der Waals surface area contributed by atoms with Crippen molar-refractivity contribution in [3.05, 3.63) is 11.5 Å². The summed E-state index contributed by atoms with van der Waals surface area (Å²) in [4.78, 5) is 46.1. The first-order chi connectivity index (χ1) is 14.6. The number of carbonyl (C=O) groups excluding carboxylic acids is 4. The molecule has 0 aliphatic rings. The molecule has 0 saturated heterocycles. The third kappa shape index (κ3) is 14.5. The third-order valence-corrected chi connectivity index (χ3v) is 4.77. The number of unbranched alkanes of at least 4 members (excludes halogenated alkanes) is 3.